The predicted octanol–water partition coefficient (Wildman–Crippen LogP) is 3.23. The van der Waals surface area contributed by atoms with Gasteiger partial charge in [-0.15, -0.1) is 0 Å². The van der Waals surface area contributed by atoms with Gasteiger partial charge >= 0.3 is 0 Å². The average molecular weight is 256 g/mol. The van der Waals surface area contributed by atoms with Crippen LogP contribution in [0.5, 0.6) is 5.75 Å². The summed E-state index contributed by atoms with van der Waals surface area (Å²) in [5.41, 5.74) is 9.32. The van der Waals surface area contributed by atoms with E-state index in [0.29, 0.717) is 0 Å². The van der Waals surface area contributed by atoms with Crippen LogP contribution in [0.4, 0.5) is 0 Å². The highest BCUT2D eigenvalue weighted by Gasteiger charge is 2.10. The summed E-state index contributed by atoms with van der Waals surface area (Å²) in [7, 11) is 0. The summed E-state index contributed by atoms with van der Waals surface area (Å²) in [4.78, 5) is 4.29. The van der Waals surface area contributed by atoms with Crippen molar-refractivity contribution in [2.24, 2.45) is 5.73 Å². The smallest absolute Gasteiger partial charge is 0.119 e. The third-order valence-electron chi connectivity index (χ3n) is 2.98. The van der Waals surface area contributed by atoms with Gasteiger partial charge in [0.2, 0.25) is 0 Å². The van der Waals surface area contributed by atoms with Crippen molar-refractivity contribution in [1.29, 1.82) is 0 Å². The highest BCUT2D eigenvalue weighted by molar-refractivity contribution is 5.35. The second-order valence-corrected chi connectivity index (χ2v) is 4.63. The lowest BCUT2D eigenvalue weighted by molar-refractivity contribution is 0.317. The van der Waals surface area contributed by atoms with Crippen LogP contribution in [-0.2, 0) is 0 Å². The van der Waals surface area contributed by atoms with Crippen LogP contribution in [0.1, 0.15) is 36.2 Å². The van der Waals surface area contributed by atoms with Crippen molar-refractivity contribution < 1.29 is 4.74 Å². The molecule has 100 valence electrons. The first-order valence-corrected chi connectivity index (χ1v) is 6.61. The van der Waals surface area contributed by atoms with E-state index >= 15 is 0 Å². The molecule has 0 saturated carbocycles. The summed E-state index contributed by atoms with van der Waals surface area (Å²) in [5.74, 6) is 0.870. The molecule has 1 unspecified atom stereocenters. The number of hydrogen-bond acceptors (Lipinski definition) is 3. The fraction of sp³-hybridized carbons (Fsp3) is 0.312. The first-order chi connectivity index (χ1) is 9.20. The Morgan fingerprint density at radius 3 is 2.74 bits per heavy atom. The van der Waals surface area contributed by atoms with Gasteiger partial charge in [-0.1, -0.05) is 25.1 Å². The van der Waals surface area contributed by atoms with Crippen LogP contribution in [0.2, 0.25) is 0 Å². The number of ether oxygens (including phenoxy) is 1. The van der Waals surface area contributed by atoms with Crippen molar-refractivity contribution >= 4 is 0 Å². The van der Waals surface area contributed by atoms with Crippen LogP contribution >= 0.6 is 0 Å². The lowest BCUT2D eigenvalue weighted by Crippen LogP contribution is -2.12. The van der Waals surface area contributed by atoms with Crippen molar-refractivity contribution in [3.63, 3.8) is 0 Å². The molecule has 1 heterocycles. The standard InChI is InChI=1S/C16H20N2O/c1-3-9-19-15-6-4-5-13(10-15)16(17)14-8-7-12(2)18-11-14/h4-8,10-11,16H,3,9,17H2,1-2H3. The molecule has 0 amide bonds. The Hall–Kier alpha value is -1.87. The van der Waals surface area contributed by atoms with Gasteiger partial charge in [-0.05, 0) is 42.7 Å². The minimum atomic E-state index is -0.168. The first-order valence-electron chi connectivity index (χ1n) is 6.61. The fourth-order valence-corrected chi connectivity index (χ4v) is 1.87. The Morgan fingerprint density at radius 2 is 2.05 bits per heavy atom. The number of nitrogens with two attached hydrogens (primary N) is 1. The van der Waals surface area contributed by atoms with Crippen LogP contribution < -0.4 is 10.5 Å². The monoisotopic (exact) mass is 256 g/mol. The molecule has 3 heteroatoms. The highest BCUT2D eigenvalue weighted by Crippen LogP contribution is 2.23. The fourth-order valence-electron chi connectivity index (χ4n) is 1.87. The molecular weight excluding hydrogens is 236 g/mol. The van der Waals surface area contributed by atoms with E-state index in [1.54, 1.807) is 0 Å². The molecule has 2 N–H and O–H groups in total. The van der Waals surface area contributed by atoms with E-state index in [0.717, 1.165) is 35.6 Å². The Balaban J connectivity index is 2.18. The molecule has 0 aliphatic rings. The summed E-state index contributed by atoms with van der Waals surface area (Å²) < 4.78 is 5.63. The molecular formula is C16H20N2O. The molecule has 2 aromatic rings. The Morgan fingerprint density at radius 1 is 1.21 bits per heavy atom. The van der Waals surface area contributed by atoms with E-state index in [4.69, 9.17) is 10.5 Å². The maximum Gasteiger partial charge on any atom is 0.119 e. The molecule has 1 aromatic carbocycles. The first kappa shape index (κ1) is 13.6. The Kier molecular flexibility index (Phi) is 4.53. The van der Waals surface area contributed by atoms with Gasteiger partial charge in [-0.25, -0.2) is 0 Å². The zero-order chi connectivity index (χ0) is 13.7. The van der Waals surface area contributed by atoms with Crippen LogP contribution in [-0.4, -0.2) is 11.6 Å². The lowest BCUT2D eigenvalue weighted by Gasteiger charge is -2.14. The third kappa shape index (κ3) is 3.55. The van der Waals surface area contributed by atoms with Crippen LogP contribution in [0.3, 0.4) is 0 Å². The zero-order valence-electron chi connectivity index (χ0n) is 11.5. The molecule has 0 aliphatic carbocycles. The second kappa shape index (κ2) is 6.34. The van der Waals surface area contributed by atoms with Gasteiger partial charge in [0.1, 0.15) is 5.75 Å². The number of aromatic nitrogens is 1. The summed E-state index contributed by atoms with van der Waals surface area (Å²) >= 11 is 0. The van der Waals surface area contributed by atoms with Crippen LogP contribution in [0.25, 0.3) is 0 Å². The largest absolute Gasteiger partial charge is 0.494 e. The molecule has 19 heavy (non-hydrogen) atoms. The second-order valence-electron chi connectivity index (χ2n) is 4.63. The molecule has 1 atom stereocenters. The topological polar surface area (TPSA) is 48.1 Å². The van der Waals surface area contributed by atoms with Crippen molar-refractivity contribution in [2.75, 3.05) is 6.61 Å². The molecule has 1 aromatic heterocycles. The molecule has 0 spiro atoms. The average Bonchev–Trinajstić information content (AvgIpc) is 2.45. The molecule has 3 nitrogen and oxygen atoms in total. The zero-order valence-corrected chi connectivity index (χ0v) is 11.5. The SMILES string of the molecule is CCCOc1cccc(C(N)c2ccc(C)nc2)c1. The van der Waals surface area contributed by atoms with Gasteiger partial charge in [-0.3, -0.25) is 4.98 Å². The molecule has 0 aliphatic heterocycles. The van der Waals surface area contributed by atoms with E-state index in [-0.39, 0.29) is 6.04 Å². The highest BCUT2D eigenvalue weighted by atomic mass is 16.5. The molecule has 0 radical (unpaired) electrons. The number of nitrogens with zero attached hydrogens (tertiary/aromatic N) is 1. The molecule has 2 rings (SSSR count). The predicted molar refractivity (Wildman–Crippen MR) is 77.2 cm³/mol. The van der Waals surface area contributed by atoms with E-state index in [1.807, 2.05) is 49.5 Å². The summed E-state index contributed by atoms with van der Waals surface area (Å²) in [5, 5.41) is 0. The number of benzene rings is 1. The molecule has 0 fully saturated rings. The minimum Gasteiger partial charge on any atom is -0.494 e. The van der Waals surface area contributed by atoms with Crippen LogP contribution in [0.15, 0.2) is 42.6 Å². The van der Waals surface area contributed by atoms with Crippen molar-refractivity contribution in [2.45, 2.75) is 26.3 Å². The maximum atomic E-state index is 6.27. The number of aryl methyl sites for hydroxylation is 1. The van der Waals surface area contributed by atoms with Crippen molar-refractivity contribution in [3.05, 3.63) is 59.4 Å². The van der Waals surface area contributed by atoms with E-state index in [1.165, 1.54) is 0 Å². The van der Waals surface area contributed by atoms with Gasteiger partial charge in [0.15, 0.2) is 0 Å². The maximum absolute atomic E-state index is 6.27. The molecule has 0 saturated heterocycles. The van der Waals surface area contributed by atoms with Crippen LogP contribution in [0, 0.1) is 6.92 Å². The Bertz CT molecular complexity index is 523. The minimum absolute atomic E-state index is 0.168. The van der Waals surface area contributed by atoms with Gasteiger partial charge in [0.05, 0.1) is 12.6 Å². The van der Waals surface area contributed by atoms with Gasteiger partial charge in [0, 0.05) is 11.9 Å². The summed E-state index contributed by atoms with van der Waals surface area (Å²) in [6.45, 7) is 4.78. The van der Waals surface area contributed by atoms with Crippen molar-refractivity contribution in [1.82, 2.24) is 4.98 Å². The normalized spacial score (nSPS) is 12.2. The quantitative estimate of drug-likeness (QED) is 0.893. The Labute approximate surface area is 114 Å². The third-order valence-corrected chi connectivity index (χ3v) is 2.98. The summed E-state index contributed by atoms with van der Waals surface area (Å²) in [6, 6.07) is 11.8. The van der Waals surface area contributed by atoms with Gasteiger partial charge < -0.3 is 10.5 Å². The summed E-state index contributed by atoms with van der Waals surface area (Å²) in [6.07, 6.45) is 2.83. The number of rotatable bonds is 5. The molecule has 0 bridgehead atoms. The lowest BCUT2D eigenvalue weighted by atomic mass is 10.0. The number of pyridine rings is 1. The van der Waals surface area contributed by atoms with E-state index < -0.39 is 0 Å². The number of hydrogen-bond donors (Lipinski definition) is 1. The van der Waals surface area contributed by atoms with E-state index in [9.17, 15) is 0 Å². The van der Waals surface area contributed by atoms with Crippen molar-refractivity contribution in [3.8, 4) is 5.75 Å². The van der Waals surface area contributed by atoms with Gasteiger partial charge in [0.25, 0.3) is 0 Å². The van der Waals surface area contributed by atoms with E-state index in [2.05, 4.69) is 11.9 Å². The van der Waals surface area contributed by atoms with Gasteiger partial charge in [-0.2, -0.15) is 0 Å².